The molecule has 126 valence electrons. The van der Waals surface area contributed by atoms with Gasteiger partial charge in [-0.25, -0.2) is 19.9 Å². The van der Waals surface area contributed by atoms with Crippen LogP contribution < -0.4 is 10.6 Å². The fourth-order valence-corrected chi connectivity index (χ4v) is 3.16. The van der Waals surface area contributed by atoms with E-state index in [4.69, 9.17) is 5.73 Å². The summed E-state index contributed by atoms with van der Waals surface area (Å²) in [5.41, 5.74) is 6.46. The number of anilines is 1. The van der Waals surface area contributed by atoms with Crippen molar-refractivity contribution in [2.75, 3.05) is 18.0 Å². The topological polar surface area (TPSA) is 97.9 Å². The van der Waals surface area contributed by atoms with Gasteiger partial charge in [-0.3, -0.25) is 4.79 Å². The Morgan fingerprint density at radius 2 is 2.17 bits per heavy atom. The number of carbonyl (C=O) groups is 1. The Morgan fingerprint density at radius 1 is 1.29 bits per heavy atom. The lowest BCUT2D eigenvalue weighted by atomic mass is 9.95. The molecule has 7 heteroatoms. The second-order valence-corrected chi connectivity index (χ2v) is 6.21. The Kier molecular flexibility index (Phi) is 4.98. The lowest BCUT2D eigenvalue weighted by molar-refractivity contribution is 0.0995. The molecule has 0 saturated carbocycles. The van der Waals surface area contributed by atoms with Gasteiger partial charge in [-0.2, -0.15) is 0 Å². The van der Waals surface area contributed by atoms with Crippen molar-refractivity contribution in [3.8, 4) is 0 Å². The normalized spacial score (nSPS) is 18.2. The summed E-state index contributed by atoms with van der Waals surface area (Å²) in [4.78, 5) is 30.4. The summed E-state index contributed by atoms with van der Waals surface area (Å²) < 4.78 is 0. The molecule has 0 radical (unpaired) electrons. The number of carbonyl (C=O) groups excluding carboxylic acids is 1. The Labute approximate surface area is 141 Å². The standard InChI is InChI=1S/C17H22N6O/c1-12-19-6-4-16(22-12)23-7-2-3-13(5-8-23)9-14-10-15(17(18)24)21-11-20-14/h4,6,10-11,13H,2-3,5,7-9H2,1H3,(H2,18,24). The molecule has 0 bridgehead atoms. The molecule has 7 nitrogen and oxygen atoms in total. The lowest BCUT2D eigenvalue weighted by Crippen LogP contribution is -2.25. The van der Waals surface area contributed by atoms with E-state index >= 15 is 0 Å². The van der Waals surface area contributed by atoms with Crippen molar-refractivity contribution in [3.05, 3.63) is 41.9 Å². The van der Waals surface area contributed by atoms with Gasteiger partial charge in [0, 0.05) is 25.0 Å². The first-order chi connectivity index (χ1) is 11.6. The minimum absolute atomic E-state index is 0.284. The zero-order valence-electron chi connectivity index (χ0n) is 13.9. The van der Waals surface area contributed by atoms with Crippen LogP contribution in [0.3, 0.4) is 0 Å². The minimum atomic E-state index is -0.509. The van der Waals surface area contributed by atoms with E-state index < -0.39 is 5.91 Å². The van der Waals surface area contributed by atoms with Crippen LogP contribution in [-0.2, 0) is 6.42 Å². The summed E-state index contributed by atoms with van der Waals surface area (Å²) in [5.74, 6) is 1.83. The van der Waals surface area contributed by atoms with Crippen LogP contribution in [0.4, 0.5) is 5.82 Å². The predicted molar refractivity (Wildman–Crippen MR) is 90.6 cm³/mol. The third kappa shape index (κ3) is 4.04. The lowest BCUT2D eigenvalue weighted by Gasteiger charge is -2.21. The minimum Gasteiger partial charge on any atom is -0.364 e. The highest BCUT2D eigenvalue weighted by Gasteiger charge is 2.19. The van der Waals surface area contributed by atoms with Gasteiger partial charge < -0.3 is 10.6 Å². The third-order valence-corrected chi connectivity index (χ3v) is 4.41. The molecular formula is C17H22N6O. The van der Waals surface area contributed by atoms with E-state index in [9.17, 15) is 4.79 Å². The average Bonchev–Trinajstić information content (AvgIpc) is 2.81. The molecule has 3 rings (SSSR count). The highest BCUT2D eigenvalue weighted by Crippen LogP contribution is 2.23. The molecule has 24 heavy (non-hydrogen) atoms. The number of aromatic nitrogens is 4. The molecule has 1 saturated heterocycles. The zero-order valence-corrected chi connectivity index (χ0v) is 13.9. The third-order valence-electron chi connectivity index (χ3n) is 4.41. The molecular weight excluding hydrogens is 304 g/mol. The van der Waals surface area contributed by atoms with Crippen molar-refractivity contribution in [2.45, 2.75) is 32.6 Å². The maximum atomic E-state index is 11.2. The molecule has 2 aromatic heterocycles. The Hall–Kier alpha value is -2.57. The van der Waals surface area contributed by atoms with Crippen molar-refractivity contribution in [1.82, 2.24) is 19.9 Å². The van der Waals surface area contributed by atoms with Crippen molar-refractivity contribution < 1.29 is 4.79 Å². The smallest absolute Gasteiger partial charge is 0.267 e. The summed E-state index contributed by atoms with van der Waals surface area (Å²) in [5, 5.41) is 0. The van der Waals surface area contributed by atoms with Crippen molar-refractivity contribution in [2.24, 2.45) is 11.7 Å². The van der Waals surface area contributed by atoms with Crippen molar-refractivity contribution in [1.29, 1.82) is 0 Å². The van der Waals surface area contributed by atoms with Crippen LogP contribution in [-0.4, -0.2) is 38.9 Å². The molecule has 0 aromatic carbocycles. The van der Waals surface area contributed by atoms with Gasteiger partial charge in [0.25, 0.3) is 5.91 Å². The molecule has 1 aliphatic heterocycles. The second-order valence-electron chi connectivity index (χ2n) is 6.21. The van der Waals surface area contributed by atoms with E-state index in [1.54, 1.807) is 6.07 Å². The van der Waals surface area contributed by atoms with Gasteiger partial charge in [-0.15, -0.1) is 0 Å². The van der Waals surface area contributed by atoms with Crippen LogP contribution in [0.2, 0.25) is 0 Å². The fraction of sp³-hybridized carbons (Fsp3) is 0.471. The van der Waals surface area contributed by atoms with Gasteiger partial charge in [0.1, 0.15) is 23.7 Å². The maximum absolute atomic E-state index is 11.2. The number of nitrogens with two attached hydrogens (primary N) is 1. The second kappa shape index (κ2) is 7.33. The summed E-state index contributed by atoms with van der Waals surface area (Å²) >= 11 is 0. The Morgan fingerprint density at radius 3 is 2.96 bits per heavy atom. The van der Waals surface area contributed by atoms with E-state index in [0.29, 0.717) is 5.92 Å². The van der Waals surface area contributed by atoms with E-state index in [1.807, 2.05) is 19.2 Å². The van der Waals surface area contributed by atoms with Gasteiger partial charge >= 0.3 is 0 Å². The number of rotatable bonds is 4. The van der Waals surface area contributed by atoms with Crippen LogP contribution in [0.5, 0.6) is 0 Å². The molecule has 2 aromatic rings. The zero-order chi connectivity index (χ0) is 16.9. The number of hydrogen-bond acceptors (Lipinski definition) is 6. The van der Waals surface area contributed by atoms with Gasteiger partial charge in [0.15, 0.2) is 0 Å². The molecule has 1 unspecified atom stereocenters. The van der Waals surface area contributed by atoms with Crippen molar-refractivity contribution >= 4 is 11.7 Å². The molecule has 1 fully saturated rings. The number of primary amides is 1. The van der Waals surface area contributed by atoms with Gasteiger partial charge in [-0.05, 0) is 50.7 Å². The first kappa shape index (κ1) is 16.3. The average molecular weight is 326 g/mol. The molecule has 3 heterocycles. The number of aryl methyl sites for hydroxylation is 1. The summed E-state index contributed by atoms with van der Waals surface area (Å²) in [6.45, 7) is 3.88. The molecule has 1 atom stereocenters. The molecule has 0 aliphatic carbocycles. The first-order valence-corrected chi connectivity index (χ1v) is 8.27. The highest BCUT2D eigenvalue weighted by atomic mass is 16.1. The van der Waals surface area contributed by atoms with Gasteiger partial charge in [0.2, 0.25) is 0 Å². The molecule has 1 aliphatic rings. The number of hydrogen-bond donors (Lipinski definition) is 1. The van der Waals surface area contributed by atoms with Crippen LogP contribution in [0.25, 0.3) is 0 Å². The quantitative estimate of drug-likeness (QED) is 0.915. The largest absolute Gasteiger partial charge is 0.364 e. The van der Waals surface area contributed by atoms with E-state index in [2.05, 4.69) is 24.8 Å². The number of amides is 1. The predicted octanol–water partition coefficient (Wildman–Crippen LogP) is 1.52. The van der Waals surface area contributed by atoms with Gasteiger partial charge in [0.05, 0.1) is 0 Å². The van der Waals surface area contributed by atoms with Crippen LogP contribution in [0, 0.1) is 12.8 Å². The van der Waals surface area contributed by atoms with E-state index in [0.717, 1.165) is 56.1 Å². The SMILES string of the molecule is Cc1nccc(N2CCCC(Cc3cc(C(N)=O)ncn3)CC2)n1. The number of nitrogens with zero attached hydrogens (tertiary/aromatic N) is 5. The fourth-order valence-electron chi connectivity index (χ4n) is 3.16. The van der Waals surface area contributed by atoms with Crippen LogP contribution in [0.15, 0.2) is 24.7 Å². The summed E-state index contributed by atoms with van der Waals surface area (Å²) in [6, 6.07) is 3.68. The Balaban J connectivity index is 1.63. The summed E-state index contributed by atoms with van der Waals surface area (Å²) in [6.07, 6.45) is 7.39. The maximum Gasteiger partial charge on any atom is 0.267 e. The van der Waals surface area contributed by atoms with Crippen LogP contribution in [0.1, 0.15) is 41.3 Å². The van der Waals surface area contributed by atoms with Crippen LogP contribution >= 0.6 is 0 Å². The van der Waals surface area contributed by atoms with E-state index in [-0.39, 0.29) is 5.69 Å². The molecule has 2 N–H and O–H groups in total. The monoisotopic (exact) mass is 326 g/mol. The first-order valence-electron chi connectivity index (χ1n) is 8.27. The molecule has 1 amide bonds. The van der Waals surface area contributed by atoms with Gasteiger partial charge in [-0.1, -0.05) is 0 Å². The Bertz CT molecular complexity index is 720. The highest BCUT2D eigenvalue weighted by molar-refractivity contribution is 5.90. The van der Waals surface area contributed by atoms with Crippen molar-refractivity contribution in [3.63, 3.8) is 0 Å². The van der Waals surface area contributed by atoms with E-state index in [1.165, 1.54) is 6.33 Å². The molecule has 0 spiro atoms. The summed E-state index contributed by atoms with van der Waals surface area (Å²) in [7, 11) is 0.